The predicted octanol–water partition coefficient (Wildman–Crippen LogP) is 7.44. The number of hydrogen-bond donors (Lipinski definition) is 0. The molecule has 154 valence electrons. The Labute approximate surface area is 173 Å². The van der Waals surface area contributed by atoms with Gasteiger partial charge in [-0.25, -0.2) is 4.98 Å². The molecule has 3 aromatic rings. The Morgan fingerprint density at radius 2 is 1.43 bits per heavy atom. The summed E-state index contributed by atoms with van der Waals surface area (Å²) in [5.41, 5.74) is 8.09. The lowest BCUT2D eigenvalue weighted by Gasteiger charge is -1.98. The Kier molecular flexibility index (Phi) is 10.6. The molecule has 0 aliphatic heterocycles. The molecule has 0 spiro atoms. The number of nitrogens with zero attached hydrogens (tertiary/aromatic N) is 2. The summed E-state index contributed by atoms with van der Waals surface area (Å²) >= 11 is 0. The minimum Gasteiger partial charge on any atom is -0.334 e. The van der Waals surface area contributed by atoms with Gasteiger partial charge in [0.25, 0.3) is 0 Å². The number of aryl methyl sites for hydroxylation is 5. The minimum absolute atomic E-state index is 0.833. The third-order valence-corrected chi connectivity index (χ3v) is 4.13. The van der Waals surface area contributed by atoms with E-state index in [-0.39, 0.29) is 0 Å². The number of imidazole rings is 1. The Morgan fingerprint density at radius 3 is 2.07 bits per heavy atom. The summed E-state index contributed by atoms with van der Waals surface area (Å²) in [5, 5.41) is 0. The van der Waals surface area contributed by atoms with Crippen LogP contribution in [0.2, 0.25) is 0 Å². The number of fused-ring (bicyclic) bond motifs is 2. The van der Waals surface area contributed by atoms with E-state index >= 15 is 0 Å². The number of aromatic nitrogens is 2. The zero-order valence-corrected chi connectivity index (χ0v) is 19.3. The van der Waals surface area contributed by atoms with Gasteiger partial charge in [0.05, 0.1) is 17.4 Å². The fourth-order valence-corrected chi connectivity index (χ4v) is 2.95. The van der Waals surface area contributed by atoms with E-state index in [4.69, 9.17) is 0 Å². The Hall–Kier alpha value is -2.09. The van der Waals surface area contributed by atoms with Crippen LogP contribution in [0.1, 0.15) is 69.7 Å². The molecule has 0 saturated carbocycles. The second-order valence-electron chi connectivity index (χ2n) is 8.41. The van der Waals surface area contributed by atoms with Crippen molar-refractivity contribution in [1.29, 1.82) is 0 Å². The lowest BCUT2D eigenvalue weighted by atomic mass is 10.1. The van der Waals surface area contributed by atoms with Gasteiger partial charge in [0.1, 0.15) is 0 Å². The van der Waals surface area contributed by atoms with E-state index in [0.717, 1.165) is 11.4 Å². The normalized spacial score (nSPS) is 11.6. The molecule has 28 heavy (non-hydrogen) atoms. The van der Waals surface area contributed by atoms with Gasteiger partial charge < -0.3 is 4.57 Å². The lowest BCUT2D eigenvalue weighted by molar-refractivity contribution is 0.737. The predicted molar refractivity (Wildman–Crippen MR) is 125 cm³/mol. The van der Waals surface area contributed by atoms with Crippen molar-refractivity contribution in [3.8, 4) is 0 Å². The standard InChI is InChI=1S/C10H12.C9H10N2.C4H10.C3H8/c1-8-5-6-9-3-2-4-10(9)7-8;1-7-3-4-9-8(5-7)10-6-11(9)2;1-4(2)3;1-3-2/h5-7H,2-4H2,1H3;3-6H,1-2H3;4H,1-3H3;3H2,1-2H3. The van der Waals surface area contributed by atoms with Crippen LogP contribution in [0, 0.1) is 19.8 Å². The maximum atomic E-state index is 4.24. The first kappa shape index (κ1) is 23.9. The van der Waals surface area contributed by atoms with Crippen LogP contribution in [0.4, 0.5) is 0 Å². The molecule has 1 heterocycles. The molecule has 2 heteroatoms. The molecule has 0 atom stereocenters. The van der Waals surface area contributed by atoms with Gasteiger partial charge in [-0.1, -0.05) is 70.9 Å². The van der Waals surface area contributed by atoms with Crippen LogP contribution >= 0.6 is 0 Å². The highest BCUT2D eigenvalue weighted by molar-refractivity contribution is 5.75. The van der Waals surface area contributed by atoms with Crippen LogP contribution in [0.3, 0.4) is 0 Å². The molecule has 0 unspecified atom stereocenters. The fraction of sp³-hybridized carbons (Fsp3) is 0.500. The third kappa shape index (κ3) is 8.29. The summed E-state index contributed by atoms with van der Waals surface area (Å²) < 4.78 is 2.02. The minimum atomic E-state index is 0.833. The summed E-state index contributed by atoms with van der Waals surface area (Å²) in [7, 11) is 2.00. The van der Waals surface area contributed by atoms with E-state index in [1.165, 1.54) is 42.3 Å². The van der Waals surface area contributed by atoms with E-state index in [1.807, 2.05) is 17.9 Å². The molecule has 1 aliphatic rings. The van der Waals surface area contributed by atoms with Gasteiger partial charge in [0.2, 0.25) is 0 Å². The number of rotatable bonds is 0. The van der Waals surface area contributed by atoms with Gasteiger partial charge in [0, 0.05) is 7.05 Å². The lowest BCUT2D eigenvalue weighted by Crippen LogP contribution is -1.82. The van der Waals surface area contributed by atoms with Gasteiger partial charge >= 0.3 is 0 Å². The quantitative estimate of drug-likeness (QED) is 0.396. The summed E-state index contributed by atoms with van der Waals surface area (Å²) in [6, 6.07) is 13.1. The number of hydrogen-bond acceptors (Lipinski definition) is 1. The summed E-state index contributed by atoms with van der Waals surface area (Å²) in [6.07, 6.45) is 7.05. The van der Waals surface area contributed by atoms with Crippen molar-refractivity contribution < 1.29 is 0 Å². The van der Waals surface area contributed by atoms with Crippen LogP contribution in [0.15, 0.2) is 42.7 Å². The second kappa shape index (κ2) is 12.4. The maximum absolute atomic E-state index is 4.24. The molecule has 1 aliphatic carbocycles. The molecule has 0 saturated heterocycles. The van der Waals surface area contributed by atoms with Crippen molar-refractivity contribution in [2.24, 2.45) is 13.0 Å². The van der Waals surface area contributed by atoms with Gasteiger partial charge in [-0.3, -0.25) is 0 Å². The van der Waals surface area contributed by atoms with E-state index in [2.05, 4.69) is 89.8 Å². The monoisotopic (exact) mass is 380 g/mol. The van der Waals surface area contributed by atoms with Crippen LogP contribution in [-0.2, 0) is 19.9 Å². The average molecular weight is 381 g/mol. The highest BCUT2D eigenvalue weighted by Crippen LogP contribution is 2.22. The van der Waals surface area contributed by atoms with Gasteiger partial charge in [0.15, 0.2) is 0 Å². The zero-order chi connectivity index (χ0) is 21.1. The Bertz CT molecular complexity index is 825. The van der Waals surface area contributed by atoms with Crippen molar-refractivity contribution in [2.45, 2.75) is 74.1 Å². The first-order valence-corrected chi connectivity index (χ1v) is 10.7. The fourth-order valence-electron chi connectivity index (χ4n) is 2.95. The molecule has 4 rings (SSSR count). The van der Waals surface area contributed by atoms with Crippen LogP contribution in [0.25, 0.3) is 11.0 Å². The van der Waals surface area contributed by atoms with Gasteiger partial charge in [-0.05, 0) is 67.9 Å². The molecule has 0 bridgehead atoms. The maximum Gasteiger partial charge on any atom is 0.0955 e. The van der Waals surface area contributed by atoms with Gasteiger partial charge in [-0.2, -0.15) is 0 Å². The van der Waals surface area contributed by atoms with E-state index in [1.54, 1.807) is 11.1 Å². The molecule has 2 aromatic carbocycles. The van der Waals surface area contributed by atoms with Gasteiger partial charge in [-0.15, -0.1) is 0 Å². The molecular formula is C26H40N2. The topological polar surface area (TPSA) is 17.8 Å². The van der Waals surface area contributed by atoms with Crippen LogP contribution in [-0.4, -0.2) is 9.55 Å². The molecule has 0 N–H and O–H groups in total. The third-order valence-electron chi connectivity index (χ3n) is 4.13. The highest BCUT2D eigenvalue weighted by atomic mass is 15.0. The molecule has 1 aromatic heterocycles. The number of benzene rings is 2. The Morgan fingerprint density at radius 1 is 0.893 bits per heavy atom. The SMILES string of the molecule is CC(C)C.CCC.Cc1ccc2c(c1)CCC2.Cc1ccc2c(c1)ncn2C. The average Bonchev–Trinajstić information content (AvgIpc) is 3.22. The van der Waals surface area contributed by atoms with Crippen molar-refractivity contribution in [2.75, 3.05) is 0 Å². The molecule has 0 fully saturated rings. The molecule has 0 radical (unpaired) electrons. The van der Waals surface area contributed by atoms with Crippen LogP contribution < -0.4 is 0 Å². The van der Waals surface area contributed by atoms with E-state index < -0.39 is 0 Å². The molecular weight excluding hydrogens is 340 g/mol. The van der Waals surface area contributed by atoms with Crippen molar-refractivity contribution >= 4 is 11.0 Å². The van der Waals surface area contributed by atoms with Crippen molar-refractivity contribution in [1.82, 2.24) is 9.55 Å². The van der Waals surface area contributed by atoms with Crippen molar-refractivity contribution in [3.63, 3.8) is 0 Å². The van der Waals surface area contributed by atoms with Crippen molar-refractivity contribution in [3.05, 3.63) is 65.0 Å². The largest absolute Gasteiger partial charge is 0.334 e. The summed E-state index contributed by atoms with van der Waals surface area (Å²) in [5.74, 6) is 0.833. The highest BCUT2D eigenvalue weighted by Gasteiger charge is 2.08. The second-order valence-corrected chi connectivity index (χ2v) is 8.41. The first-order chi connectivity index (χ1) is 13.3. The summed E-state index contributed by atoms with van der Waals surface area (Å²) in [4.78, 5) is 4.24. The molecule has 0 amide bonds. The van der Waals surface area contributed by atoms with E-state index in [0.29, 0.717) is 0 Å². The zero-order valence-electron chi connectivity index (χ0n) is 19.3. The van der Waals surface area contributed by atoms with Crippen LogP contribution in [0.5, 0.6) is 0 Å². The molecule has 2 nitrogen and oxygen atoms in total. The Balaban J connectivity index is 0.000000213. The van der Waals surface area contributed by atoms with E-state index in [9.17, 15) is 0 Å². The summed E-state index contributed by atoms with van der Waals surface area (Å²) in [6.45, 7) is 15.0. The first-order valence-electron chi connectivity index (χ1n) is 10.7. The smallest absolute Gasteiger partial charge is 0.0955 e.